The van der Waals surface area contributed by atoms with E-state index in [1.54, 1.807) is 0 Å². The van der Waals surface area contributed by atoms with E-state index < -0.39 is 0 Å². The molecule has 1 nitrogen and oxygen atoms in total. The maximum absolute atomic E-state index is 3.45. The molecule has 12 heavy (non-hydrogen) atoms. The zero-order chi connectivity index (χ0) is 8.81. The molecule has 0 atom stereocenters. The second kappa shape index (κ2) is 5.87. The van der Waals surface area contributed by atoms with Crippen LogP contribution in [0, 0.1) is 0 Å². The minimum absolute atomic E-state index is 0.647. The van der Waals surface area contributed by atoms with Gasteiger partial charge in [0.2, 0.25) is 0 Å². The molecule has 0 amide bonds. The smallest absolute Gasteiger partial charge is 0.00609 e. The maximum Gasteiger partial charge on any atom is 0.00609 e. The summed E-state index contributed by atoms with van der Waals surface area (Å²) in [5.41, 5.74) is 0. The summed E-state index contributed by atoms with van der Waals surface area (Å²) in [7, 11) is 0. The molecule has 1 rings (SSSR count). The average Bonchev–Trinajstić information content (AvgIpc) is 2.49. The van der Waals surface area contributed by atoms with Crippen LogP contribution in [0.25, 0.3) is 0 Å². The third-order valence-electron chi connectivity index (χ3n) is 2.31. The van der Waals surface area contributed by atoms with Crippen molar-refractivity contribution in [3.63, 3.8) is 0 Å². The molecular weight excluding hydrogens is 166 g/mol. The molecular formula is C10H21NS. The molecule has 0 heterocycles. The van der Waals surface area contributed by atoms with E-state index in [0.29, 0.717) is 6.04 Å². The first-order valence-electron chi connectivity index (χ1n) is 5.14. The van der Waals surface area contributed by atoms with Gasteiger partial charge in [0, 0.05) is 23.6 Å². The molecule has 2 heteroatoms. The zero-order valence-corrected chi connectivity index (χ0v) is 9.12. The predicted molar refractivity (Wildman–Crippen MR) is 57.9 cm³/mol. The fraction of sp³-hybridized carbons (Fsp3) is 1.00. The highest BCUT2D eigenvalue weighted by molar-refractivity contribution is 7.99. The highest BCUT2D eigenvalue weighted by atomic mass is 32.2. The van der Waals surface area contributed by atoms with Crippen LogP contribution in [-0.2, 0) is 0 Å². The summed E-state index contributed by atoms with van der Waals surface area (Å²) in [4.78, 5) is 0. The quantitative estimate of drug-likeness (QED) is 0.664. The SMILES string of the molecule is CC(C)NCCSC1CCCC1. The monoisotopic (exact) mass is 187 g/mol. The van der Waals surface area contributed by atoms with Gasteiger partial charge in [-0.05, 0) is 12.8 Å². The molecule has 72 valence electrons. The molecule has 1 N–H and O–H groups in total. The first kappa shape index (κ1) is 10.4. The Balaban J connectivity index is 1.88. The lowest BCUT2D eigenvalue weighted by molar-refractivity contribution is 0.615. The zero-order valence-electron chi connectivity index (χ0n) is 8.31. The van der Waals surface area contributed by atoms with Crippen molar-refractivity contribution < 1.29 is 0 Å². The van der Waals surface area contributed by atoms with Crippen LogP contribution < -0.4 is 5.32 Å². The topological polar surface area (TPSA) is 12.0 Å². The van der Waals surface area contributed by atoms with Gasteiger partial charge in [0.1, 0.15) is 0 Å². The molecule has 0 aliphatic heterocycles. The van der Waals surface area contributed by atoms with Crippen molar-refractivity contribution in [1.29, 1.82) is 0 Å². The van der Waals surface area contributed by atoms with E-state index in [2.05, 4.69) is 30.9 Å². The van der Waals surface area contributed by atoms with E-state index in [4.69, 9.17) is 0 Å². The van der Waals surface area contributed by atoms with Crippen LogP contribution in [-0.4, -0.2) is 23.6 Å². The summed E-state index contributed by atoms with van der Waals surface area (Å²) >= 11 is 2.16. The van der Waals surface area contributed by atoms with Gasteiger partial charge in [0.15, 0.2) is 0 Å². The number of hydrogen-bond donors (Lipinski definition) is 1. The Bertz CT molecular complexity index is 108. The van der Waals surface area contributed by atoms with Crippen molar-refractivity contribution in [2.75, 3.05) is 12.3 Å². The van der Waals surface area contributed by atoms with Gasteiger partial charge in [-0.3, -0.25) is 0 Å². The lowest BCUT2D eigenvalue weighted by Crippen LogP contribution is -2.25. The molecule has 1 fully saturated rings. The van der Waals surface area contributed by atoms with E-state index in [1.165, 1.54) is 38.0 Å². The number of rotatable bonds is 5. The second-order valence-corrected chi connectivity index (χ2v) is 5.29. The van der Waals surface area contributed by atoms with Gasteiger partial charge in [-0.2, -0.15) is 11.8 Å². The molecule has 0 saturated heterocycles. The summed E-state index contributed by atoms with van der Waals surface area (Å²) in [6, 6.07) is 0.647. The molecule has 0 spiro atoms. The molecule has 1 saturated carbocycles. The van der Waals surface area contributed by atoms with Gasteiger partial charge >= 0.3 is 0 Å². The first-order valence-corrected chi connectivity index (χ1v) is 6.19. The fourth-order valence-electron chi connectivity index (χ4n) is 1.63. The highest BCUT2D eigenvalue weighted by Gasteiger charge is 2.14. The molecule has 0 radical (unpaired) electrons. The van der Waals surface area contributed by atoms with E-state index in [1.807, 2.05) is 0 Å². The van der Waals surface area contributed by atoms with Crippen molar-refractivity contribution in [3.05, 3.63) is 0 Å². The van der Waals surface area contributed by atoms with Gasteiger partial charge in [-0.1, -0.05) is 26.7 Å². The van der Waals surface area contributed by atoms with E-state index in [0.717, 1.165) is 5.25 Å². The average molecular weight is 187 g/mol. The third-order valence-corrected chi connectivity index (χ3v) is 3.69. The van der Waals surface area contributed by atoms with Gasteiger partial charge < -0.3 is 5.32 Å². The number of hydrogen-bond acceptors (Lipinski definition) is 2. The highest BCUT2D eigenvalue weighted by Crippen LogP contribution is 2.28. The van der Waals surface area contributed by atoms with Crippen LogP contribution >= 0.6 is 11.8 Å². The van der Waals surface area contributed by atoms with Gasteiger partial charge in [-0.15, -0.1) is 0 Å². The van der Waals surface area contributed by atoms with Crippen molar-refractivity contribution in [1.82, 2.24) is 5.32 Å². The van der Waals surface area contributed by atoms with Gasteiger partial charge in [-0.25, -0.2) is 0 Å². The van der Waals surface area contributed by atoms with E-state index >= 15 is 0 Å². The number of thioether (sulfide) groups is 1. The molecule has 1 aliphatic carbocycles. The van der Waals surface area contributed by atoms with E-state index in [9.17, 15) is 0 Å². The van der Waals surface area contributed by atoms with Crippen molar-refractivity contribution in [2.45, 2.75) is 50.8 Å². The van der Waals surface area contributed by atoms with Crippen LogP contribution in [0.2, 0.25) is 0 Å². The third kappa shape index (κ3) is 4.36. The molecule has 1 aliphatic rings. The molecule has 0 aromatic heterocycles. The summed E-state index contributed by atoms with van der Waals surface area (Å²) in [6.45, 7) is 5.60. The van der Waals surface area contributed by atoms with Crippen LogP contribution in [0.3, 0.4) is 0 Å². The standard InChI is InChI=1S/C10H21NS/c1-9(2)11-7-8-12-10-5-3-4-6-10/h9-11H,3-8H2,1-2H3. The fourth-order valence-corrected chi connectivity index (χ4v) is 2.86. The summed E-state index contributed by atoms with van der Waals surface area (Å²) in [5.74, 6) is 1.29. The minimum atomic E-state index is 0.647. The number of nitrogens with one attached hydrogen (secondary N) is 1. The van der Waals surface area contributed by atoms with Gasteiger partial charge in [0.05, 0.1) is 0 Å². The summed E-state index contributed by atoms with van der Waals surface area (Å²) in [5, 5.41) is 4.43. The summed E-state index contributed by atoms with van der Waals surface area (Å²) in [6.07, 6.45) is 5.86. The largest absolute Gasteiger partial charge is 0.314 e. The molecule has 0 aromatic rings. The second-order valence-electron chi connectivity index (χ2n) is 3.89. The Hall–Kier alpha value is 0.310. The van der Waals surface area contributed by atoms with Crippen LogP contribution in [0.1, 0.15) is 39.5 Å². The van der Waals surface area contributed by atoms with E-state index in [-0.39, 0.29) is 0 Å². The lowest BCUT2D eigenvalue weighted by Gasteiger charge is -2.10. The normalized spacial score (nSPS) is 19.2. The molecule has 0 unspecified atom stereocenters. The van der Waals surface area contributed by atoms with Crippen molar-refractivity contribution >= 4 is 11.8 Å². The van der Waals surface area contributed by atoms with Crippen molar-refractivity contribution in [3.8, 4) is 0 Å². The predicted octanol–water partition coefficient (Wildman–Crippen LogP) is 2.66. The Morgan fingerprint density at radius 2 is 2.00 bits per heavy atom. The maximum atomic E-state index is 3.45. The van der Waals surface area contributed by atoms with Crippen LogP contribution in [0.15, 0.2) is 0 Å². The Kier molecular flexibility index (Phi) is 5.08. The minimum Gasteiger partial charge on any atom is -0.314 e. The molecule has 0 bridgehead atoms. The van der Waals surface area contributed by atoms with Gasteiger partial charge in [0.25, 0.3) is 0 Å². The van der Waals surface area contributed by atoms with Crippen LogP contribution in [0.4, 0.5) is 0 Å². The Labute approximate surface area is 80.7 Å². The lowest BCUT2D eigenvalue weighted by atomic mass is 10.4. The molecule has 0 aromatic carbocycles. The van der Waals surface area contributed by atoms with Crippen LogP contribution in [0.5, 0.6) is 0 Å². The Morgan fingerprint density at radius 1 is 1.33 bits per heavy atom. The summed E-state index contributed by atoms with van der Waals surface area (Å²) < 4.78 is 0. The first-order chi connectivity index (χ1) is 5.79. The van der Waals surface area contributed by atoms with Crippen molar-refractivity contribution in [2.24, 2.45) is 0 Å². The Morgan fingerprint density at radius 3 is 2.58 bits per heavy atom.